The molecule has 0 fully saturated rings. The lowest BCUT2D eigenvalue weighted by Gasteiger charge is -2.10. The Bertz CT molecular complexity index is 476. The Morgan fingerprint density at radius 1 is 1.56 bits per heavy atom. The van der Waals surface area contributed by atoms with Gasteiger partial charge in [0.2, 0.25) is 0 Å². The molecule has 0 aromatic carbocycles. The first-order valence-electron chi connectivity index (χ1n) is 6.47. The Labute approximate surface area is 114 Å². The van der Waals surface area contributed by atoms with Gasteiger partial charge in [-0.25, -0.2) is 4.98 Å². The number of aromatic nitrogens is 2. The van der Waals surface area contributed by atoms with E-state index >= 15 is 0 Å². The average molecular weight is 265 g/mol. The Hall–Kier alpha value is -1.00. The molecular weight excluding hydrogens is 242 g/mol. The van der Waals surface area contributed by atoms with E-state index in [0.717, 1.165) is 15.9 Å². The number of nitrogens with one attached hydrogen (secondary N) is 2. The van der Waals surface area contributed by atoms with Crippen LogP contribution in [0, 0.1) is 0 Å². The van der Waals surface area contributed by atoms with Gasteiger partial charge in [0.05, 0.1) is 10.7 Å². The fourth-order valence-electron chi connectivity index (χ4n) is 1.50. The van der Waals surface area contributed by atoms with Crippen molar-refractivity contribution in [2.45, 2.75) is 51.2 Å². The van der Waals surface area contributed by atoms with Crippen LogP contribution in [-0.4, -0.2) is 16.0 Å². The summed E-state index contributed by atoms with van der Waals surface area (Å²) in [5.41, 5.74) is 0. The van der Waals surface area contributed by atoms with Crippen LogP contribution in [0.15, 0.2) is 17.3 Å². The van der Waals surface area contributed by atoms with E-state index in [-0.39, 0.29) is 0 Å². The van der Waals surface area contributed by atoms with Crippen molar-refractivity contribution >= 4 is 24.6 Å². The molecule has 2 N–H and O–H groups in total. The van der Waals surface area contributed by atoms with Crippen LogP contribution in [0.25, 0.3) is 12.7 Å². The van der Waals surface area contributed by atoms with E-state index in [9.17, 15) is 0 Å². The Balaban J connectivity index is 2.56. The lowest BCUT2D eigenvalue weighted by molar-refractivity contribution is 0.587. The van der Waals surface area contributed by atoms with Gasteiger partial charge in [-0.2, -0.15) is 0 Å². The van der Waals surface area contributed by atoms with Crippen LogP contribution in [0.2, 0.25) is 0 Å². The maximum Gasteiger partial charge on any atom is 0.181 e. The third-order valence-electron chi connectivity index (χ3n) is 2.58. The number of aromatic amines is 1. The molecule has 0 radical (unpaired) electrons. The number of allylic oxidation sites excluding steroid dienone is 2. The minimum atomic E-state index is 0.497. The highest BCUT2D eigenvalue weighted by atomic mass is 32.2. The van der Waals surface area contributed by atoms with Crippen LogP contribution in [-0.2, 0) is 0 Å². The van der Waals surface area contributed by atoms with Crippen molar-refractivity contribution < 1.29 is 0 Å². The second kappa shape index (κ2) is 8.16. The fraction of sp³-hybridized carbons (Fsp3) is 0.500. The van der Waals surface area contributed by atoms with Gasteiger partial charge < -0.3 is 4.98 Å². The van der Waals surface area contributed by atoms with Gasteiger partial charge in [0.15, 0.2) is 5.16 Å². The monoisotopic (exact) mass is 265 g/mol. The van der Waals surface area contributed by atoms with E-state index in [1.807, 2.05) is 25.2 Å². The standard InChI is InChI=1S/C14H23N3S/c1-5-7-9-11(3)17-18-14-15-12(4)13(16-14)10-8-6-2/h6,8,10-11,17H,4-5,7,9H2,1-3H3,(H,15,16)/b8-6-,13-10+. The number of H-pyrrole nitrogens is 1. The molecule has 1 heterocycles. The molecule has 0 saturated carbocycles. The van der Waals surface area contributed by atoms with Crippen molar-refractivity contribution in [1.82, 2.24) is 14.7 Å². The van der Waals surface area contributed by atoms with E-state index in [1.54, 1.807) is 11.9 Å². The van der Waals surface area contributed by atoms with Gasteiger partial charge in [0.25, 0.3) is 0 Å². The zero-order valence-corrected chi connectivity index (χ0v) is 12.3. The summed E-state index contributed by atoms with van der Waals surface area (Å²) in [5, 5.41) is 2.64. The Kier molecular flexibility index (Phi) is 6.83. The smallest absolute Gasteiger partial charge is 0.181 e. The van der Waals surface area contributed by atoms with Crippen molar-refractivity contribution in [3.63, 3.8) is 0 Å². The van der Waals surface area contributed by atoms with Gasteiger partial charge in [0.1, 0.15) is 0 Å². The van der Waals surface area contributed by atoms with Crippen molar-refractivity contribution in [2.24, 2.45) is 0 Å². The van der Waals surface area contributed by atoms with Crippen molar-refractivity contribution in [3.8, 4) is 0 Å². The van der Waals surface area contributed by atoms with Crippen LogP contribution < -0.4 is 15.4 Å². The summed E-state index contributed by atoms with van der Waals surface area (Å²) in [6.45, 7) is 10.3. The number of unbranched alkanes of at least 4 members (excludes halogenated alkanes) is 1. The van der Waals surface area contributed by atoms with Gasteiger partial charge >= 0.3 is 0 Å². The van der Waals surface area contributed by atoms with Crippen molar-refractivity contribution in [2.75, 3.05) is 0 Å². The first kappa shape index (κ1) is 15.1. The lowest BCUT2D eigenvalue weighted by Crippen LogP contribution is -2.21. The molecule has 1 unspecified atom stereocenters. The normalized spacial score (nSPS) is 14.5. The second-order valence-electron chi connectivity index (χ2n) is 4.36. The topological polar surface area (TPSA) is 40.7 Å². The molecule has 100 valence electrons. The lowest BCUT2D eigenvalue weighted by atomic mass is 10.2. The molecule has 3 nitrogen and oxygen atoms in total. The van der Waals surface area contributed by atoms with Crippen LogP contribution in [0.1, 0.15) is 40.0 Å². The molecule has 0 saturated heterocycles. The SMILES string of the molecule is C=c1[nH]c(SNC(C)CCCC)n/c1=C/C=C\C. The van der Waals surface area contributed by atoms with E-state index < -0.39 is 0 Å². The first-order valence-corrected chi connectivity index (χ1v) is 7.29. The van der Waals surface area contributed by atoms with Crippen molar-refractivity contribution in [3.05, 3.63) is 22.9 Å². The van der Waals surface area contributed by atoms with E-state index in [0.29, 0.717) is 6.04 Å². The summed E-state index contributed by atoms with van der Waals surface area (Å²) < 4.78 is 3.39. The molecule has 0 aliphatic heterocycles. The van der Waals surface area contributed by atoms with E-state index in [1.165, 1.54) is 19.3 Å². The predicted octanol–water partition coefficient (Wildman–Crippen LogP) is 2.35. The molecule has 0 spiro atoms. The van der Waals surface area contributed by atoms with Gasteiger partial charge in [-0.3, -0.25) is 4.72 Å². The average Bonchev–Trinajstić information content (AvgIpc) is 2.72. The van der Waals surface area contributed by atoms with Gasteiger partial charge in [-0.1, -0.05) is 38.5 Å². The summed E-state index contributed by atoms with van der Waals surface area (Å²) in [5.74, 6) is 0. The van der Waals surface area contributed by atoms with Gasteiger partial charge in [-0.15, -0.1) is 0 Å². The predicted molar refractivity (Wildman–Crippen MR) is 80.6 cm³/mol. The van der Waals surface area contributed by atoms with E-state index in [2.05, 4.69) is 35.1 Å². The fourth-order valence-corrected chi connectivity index (χ4v) is 2.25. The molecule has 0 bridgehead atoms. The maximum atomic E-state index is 4.48. The van der Waals surface area contributed by atoms with Crippen LogP contribution >= 0.6 is 11.9 Å². The minimum Gasteiger partial charge on any atom is -0.332 e. The van der Waals surface area contributed by atoms with Crippen LogP contribution in [0.3, 0.4) is 0 Å². The van der Waals surface area contributed by atoms with Crippen LogP contribution in [0.4, 0.5) is 0 Å². The highest BCUT2D eigenvalue weighted by Crippen LogP contribution is 2.08. The first-order chi connectivity index (χ1) is 8.67. The molecule has 0 aliphatic carbocycles. The molecular formula is C14H23N3S. The number of hydrogen-bond acceptors (Lipinski definition) is 3. The summed E-state index contributed by atoms with van der Waals surface area (Å²) >= 11 is 1.55. The zero-order chi connectivity index (χ0) is 13.4. The summed E-state index contributed by atoms with van der Waals surface area (Å²) in [4.78, 5) is 7.65. The number of nitrogens with zero attached hydrogens (tertiary/aromatic N) is 1. The zero-order valence-electron chi connectivity index (χ0n) is 11.5. The molecule has 1 atom stereocenters. The van der Waals surface area contributed by atoms with Gasteiger partial charge in [-0.05, 0) is 38.3 Å². The van der Waals surface area contributed by atoms with Gasteiger partial charge in [0, 0.05) is 6.04 Å². The number of imidazole rings is 1. The molecule has 1 rings (SSSR count). The molecule has 0 amide bonds. The minimum absolute atomic E-state index is 0.497. The quantitative estimate of drug-likeness (QED) is 0.744. The number of hydrogen-bond donors (Lipinski definition) is 2. The molecule has 18 heavy (non-hydrogen) atoms. The third kappa shape index (κ3) is 5.10. The van der Waals surface area contributed by atoms with Crippen molar-refractivity contribution in [1.29, 1.82) is 0 Å². The number of rotatable bonds is 7. The largest absolute Gasteiger partial charge is 0.332 e. The Morgan fingerprint density at radius 2 is 2.33 bits per heavy atom. The highest BCUT2D eigenvalue weighted by Gasteiger charge is 2.03. The second-order valence-corrected chi connectivity index (χ2v) is 5.19. The summed E-state index contributed by atoms with van der Waals surface area (Å²) in [7, 11) is 0. The van der Waals surface area contributed by atoms with Crippen LogP contribution in [0.5, 0.6) is 0 Å². The maximum absolute atomic E-state index is 4.48. The Morgan fingerprint density at radius 3 is 3.00 bits per heavy atom. The summed E-state index contributed by atoms with van der Waals surface area (Å²) in [6, 6.07) is 0.497. The molecule has 0 aliphatic rings. The molecule has 1 aromatic rings. The summed E-state index contributed by atoms with van der Waals surface area (Å²) in [6.07, 6.45) is 9.60. The molecule has 4 heteroatoms. The highest BCUT2D eigenvalue weighted by molar-refractivity contribution is 7.97. The third-order valence-corrected chi connectivity index (χ3v) is 3.49. The van der Waals surface area contributed by atoms with E-state index in [4.69, 9.17) is 0 Å². The molecule has 1 aromatic heterocycles.